The van der Waals surface area contributed by atoms with Gasteiger partial charge in [0, 0.05) is 7.14 Å². The second-order valence-electron chi connectivity index (χ2n) is 8.53. The smallest absolute Gasteiger partial charge is 0.343 e. The van der Waals surface area contributed by atoms with Crippen molar-refractivity contribution in [3.05, 3.63) is 39.6 Å². The minimum Gasteiger partial charge on any atom is -0.480 e. The van der Waals surface area contributed by atoms with E-state index in [0.717, 1.165) is 8.80 Å². The van der Waals surface area contributed by atoms with E-state index in [1.807, 2.05) is 117 Å². The first-order chi connectivity index (χ1) is 22.1. The first kappa shape index (κ1) is 51.2. The van der Waals surface area contributed by atoms with Crippen LogP contribution in [0.5, 0.6) is 0 Å². The molecule has 0 spiro atoms. The lowest BCUT2D eigenvalue weighted by Crippen LogP contribution is -2.65. The number of carbonyl (C=O) groups is 3. The van der Waals surface area contributed by atoms with Crippen LogP contribution in [0.1, 0.15) is 16.1 Å². The fourth-order valence-corrected chi connectivity index (χ4v) is 19.7. The van der Waals surface area contributed by atoms with Crippen LogP contribution in [0.25, 0.3) is 11.2 Å². The Balaban J connectivity index is 2.23. The molecule has 2 aromatic heterocycles. The predicted octanol–water partition coefficient (Wildman–Crippen LogP) is 12.0. The number of carboxylic acids is 2. The summed E-state index contributed by atoms with van der Waals surface area (Å²) < 4.78 is 3.18. The molecule has 0 bridgehead atoms. The van der Waals surface area contributed by atoms with Crippen molar-refractivity contribution in [1.29, 1.82) is 0 Å². The van der Waals surface area contributed by atoms with E-state index in [4.69, 9.17) is 4.98 Å². The van der Waals surface area contributed by atoms with Crippen molar-refractivity contribution in [2.75, 3.05) is 4.44 Å². The summed E-state index contributed by atoms with van der Waals surface area (Å²) >= 11 is 33.6. The Morgan fingerprint density at radius 3 is 1.65 bits per heavy atom. The second-order valence-corrected chi connectivity index (χ2v) is 37.9. The monoisotopic (exact) mass is 2580 g/mol. The predicted molar refractivity (Wildman–Crippen MR) is 332 cm³/mol. The number of hydrogen-bond donors (Lipinski definition) is 2. The largest absolute Gasteiger partial charge is 0.480 e. The van der Waals surface area contributed by atoms with Gasteiger partial charge >= 0.3 is 11.9 Å². The molecule has 2 heterocycles. The highest BCUT2D eigenvalue weighted by Gasteiger charge is 2.69. The van der Waals surface area contributed by atoms with E-state index >= 15 is 0 Å². The number of amides is 1. The molecule has 0 fully saturated rings. The highest BCUT2D eigenvalue weighted by atomic mass is 127. The van der Waals surface area contributed by atoms with Gasteiger partial charge in [-0.25, -0.2) is 23.7 Å². The molecule has 0 aliphatic heterocycles. The summed E-state index contributed by atoms with van der Waals surface area (Å²) in [4.78, 5) is 66.9. The molecule has 3 aromatic rings. The Morgan fingerprint density at radius 1 is 0.735 bits per heavy atom. The average molecular weight is 2580 g/mol. The highest BCUT2D eigenvalue weighted by Crippen LogP contribution is 2.61. The van der Waals surface area contributed by atoms with Crippen LogP contribution in [0, 0.1) is 18.0 Å². The van der Waals surface area contributed by atoms with E-state index in [2.05, 4.69) is 191 Å². The van der Waals surface area contributed by atoms with Crippen molar-refractivity contribution < 1.29 is 24.6 Å². The van der Waals surface area contributed by atoms with Gasteiger partial charge in [-0.1, -0.05) is 90.4 Å². The van der Waals surface area contributed by atoms with E-state index in [0.29, 0.717) is 29.6 Å². The van der Waals surface area contributed by atoms with Gasteiger partial charge in [-0.05, 0) is 181 Å². The Morgan fingerprint density at radius 2 is 1.22 bits per heavy atom. The topological polar surface area (TPSA) is 162 Å². The maximum absolute atomic E-state index is 14.4. The lowest BCUT2D eigenvalue weighted by atomic mass is 10.1. The van der Waals surface area contributed by atoms with Gasteiger partial charge in [-0.15, -0.1) is 0 Å². The molecule has 0 saturated carbocycles. The summed E-state index contributed by atoms with van der Waals surface area (Å²) in [6, 6.07) is 0. The normalized spacial score (nSPS) is 13.7. The molecule has 2 N–H and O–H groups in total. The molecule has 0 aliphatic rings. The van der Waals surface area contributed by atoms with Crippen LogP contribution < -0.4 is 10.00 Å². The summed E-state index contributed by atoms with van der Waals surface area (Å²) in [5.74, 6) is -2.77. The van der Waals surface area contributed by atoms with Crippen LogP contribution >= 0.6 is 385 Å². The Bertz CT molecular complexity index is 1950. The third-order valence-electron chi connectivity index (χ3n) is 5.74. The molecule has 1 amide bonds. The van der Waals surface area contributed by atoms with E-state index < -0.39 is 25.8 Å². The number of aromatic nitrogens is 4. The van der Waals surface area contributed by atoms with Crippen molar-refractivity contribution >= 4 is 426 Å². The first-order valence-electron chi connectivity index (χ1n) is 11.0. The fourth-order valence-electron chi connectivity index (χ4n) is 3.38. The summed E-state index contributed by atoms with van der Waals surface area (Å²) in [5.41, 5.74) is 1.55. The zero-order valence-electron chi connectivity index (χ0n) is 21.6. The van der Waals surface area contributed by atoms with Crippen molar-refractivity contribution in [2.45, 2.75) is 7.95 Å². The lowest BCUT2D eigenvalue weighted by molar-refractivity contribution is -0.142. The Kier molecular flexibility index (Phi) is 20.8. The number of rotatable bonds is 10. The summed E-state index contributed by atoms with van der Waals surface area (Å²) in [5, 5.41) is 20.5. The molecule has 0 unspecified atom stereocenters. The van der Waals surface area contributed by atoms with Crippen molar-refractivity contribution in [2.24, 2.45) is 0 Å². The second kappa shape index (κ2) is 19.9. The zero-order chi connectivity index (χ0) is 38.1. The lowest BCUT2D eigenvalue weighted by Gasteiger charge is -2.45. The fraction of sp³-hybridized carbons (Fsp3) is 0.211. The Hall–Kier alpha value is 7.86. The molecule has 0 aliphatic carbocycles. The van der Waals surface area contributed by atoms with Crippen LogP contribution in [0.4, 0.5) is 11.6 Å². The molecule has 1 aromatic carbocycles. The minimum atomic E-state index is -2.00. The summed E-state index contributed by atoms with van der Waals surface area (Å²) in [6.07, 6.45) is 0. The van der Waals surface area contributed by atoms with Gasteiger partial charge in [0.1, 0.15) is 9.39 Å². The number of halogens is 17. The number of hydrogen-bond acceptors (Lipinski definition) is 9. The quantitative estimate of drug-likeness (QED) is 0.0653. The molecule has 0 saturated heterocycles. The third-order valence-corrected chi connectivity index (χ3v) is 35.3. The molecule has 13 nitrogen and oxygen atoms in total. The molecule has 0 radical (unpaired) electrons. The highest BCUT2D eigenvalue weighted by molar-refractivity contribution is 14.2. The van der Waals surface area contributed by atoms with Gasteiger partial charge in [0.15, 0.2) is 15.6 Å². The van der Waals surface area contributed by atoms with Crippen LogP contribution in [0.2, 0.25) is 0 Å². The van der Waals surface area contributed by atoms with E-state index in [-0.39, 0.29) is 22.3 Å². The first-order valence-corrected chi connectivity index (χ1v) is 28.8. The maximum atomic E-state index is 14.4. The van der Waals surface area contributed by atoms with Gasteiger partial charge in [-0.3, -0.25) is 15.8 Å². The van der Waals surface area contributed by atoms with Crippen molar-refractivity contribution in [3.63, 3.8) is 0 Å². The molecule has 268 valence electrons. The number of nitrogens with zero attached hydrogens (tertiary/aromatic N) is 7. The molecule has 3 rings (SSSR count). The number of anilines is 2. The van der Waals surface area contributed by atoms with Crippen molar-refractivity contribution in [1.82, 2.24) is 20.8 Å². The van der Waals surface area contributed by atoms with E-state index in [1.54, 1.807) is 92.0 Å². The SMILES string of the molecule is O=C(c1c(I)c(I)c(N(I)C(I)(I)c2nc3c(=O)n(I)c(N(I)I)nc3nc2I)c(I)c1I)N(I)[C@](I)(C(=O)O)C(I)(I)C(I)(I)C(=O)O. The van der Waals surface area contributed by atoms with E-state index in [9.17, 15) is 29.4 Å². The van der Waals surface area contributed by atoms with Gasteiger partial charge in [0.25, 0.3) is 11.5 Å². The molecular weight excluding hydrogens is 2580 g/mol. The minimum absolute atomic E-state index is 0.120. The molecule has 49 heavy (non-hydrogen) atoms. The number of aliphatic carboxylic acids is 2. The third kappa shape index (κ3) is 9.91. The van der Waals surface area contributed by atoms with Gasteiger partial charge in [-0.2, -0.15) is 4.98 Å². The van der Waals surface area contributed by atoms with Crippen LogP contribution in [0.15, 0.2) is 4.79 Å². The number of benzene rings is 1. The number of carbonyl (C=O) groups excluding carboxylic acids is 1. The maximum Gasteiger partial charge on any atom is 0.343 e. The average Bonchev–Trinajstić information content (AvgIpc) is 3.00. The zero-order valence-corrected chi connectivity index (χ0v) is 58.3. The summed E-state index contributed by atoms with van der Waals surface area (Å²) in [7, 11) is 0. The number of fused-ring (bicyclic) bond motifs is 1. The molecule has 1 atom stereocenters. The van der Waals surface area contributed by atoms with Crippen LogP contribution in [0.3, 0.4) is 0 Å². The number of alkyl halides is 7. The van der Waals surface area contributed by atoms with Gasteiger partial charge < -0.3 is 10.2 Å². The van der Waals surface area contributed by atoms with Gasteiger partial charge in [0.2, 0.25) is 9.49 Å². The van der Waals surface area contributed by atoms with Crippen LogP contribution in [-0.2, 0) is 11.1 Å². The van der Waals surface area contributed by atoms with Crippen LogP contribution in [-0.4, -0.2) is 55.3 Å². The van der Waals surface area contributed by atoms with E-state index in [1.165, 1.54) is 2.78 Å². The summed E-state index contributed by atoms with van der Waals surface area (Å²) in [6.45, 7) is 0. The van der Waals surface area contributed by atoms with Gasteiger partial charge in [0.05, 0.1) is 133 Å². The Labute approximate surface area is 510 Å². The molecule has 30 heteroatoms. The standard InChI is InChI=1S/C19H2I17N7O6/c20-2-1(11(44)42(34)17(27,14(48)49)19(30,31)16(25,26)13(46)47)3(21)5(23)7(4(2)22)41(33)18(28,29)8-9(24)38-10-6(37-8)12(45)40(32)15(39-10)43(35)36/h(H,46,47)(H,48,49)/t17-/m1/s1. The van der Waals surface area contributed by atoms with Crippen molar-refractivity contribution in [3.8, 4) is 0 Å². The molecular formula is C19H2I17N7O6. The number of carboxylic acid groups (broad SMARTS) is 2.